The molecule has 0 saturated carbocycles. The number of thiol groups is 1. The molecule has 0 heterocycles. The standard InChI is InChI=1S/C15H13NS2/c1-10-3-4-11(2)15(7-10)18-14-6-5-12(9-16)8-13(14)17/h3-8,17H,1-2H3. The highest BCUT2D eigenvalue weighted by Crippen LogP contribution is 2.35. The topological polar surface area (TPSA) is 23.8 Å². The zero-order valence-corrected chi connectivity index (χ0v) is 12.0. The minimum atomic E-state index is 0.644. The van der Waals surface area contributed by atoms with Crippen molar-refractivity contribution in [2.24, 2.45) is 0 Å². The molecule has 0 unspecified atom stereocenters. The second-order valence-corrected chi connectivity index (χ2v) is 5.73. The summed E-state index contributed by atoms with van der Waals surface area (Å²) in [6.07, 6.45) is 0. The molecule has 90 valence electrons. The number of nitriles is 1. The molecule has 0 fully saturated rings. The van der Waals surface area contributed by atoms with Crippen LogP contribution < -0.4 is 0 Å². The Hall–Kier alpha value is -1.37. The van der Waals surface area contributed by atoms with E-state index >= 15 is 0 Å². The van der Waals surface area contributed by atoms with Crippen LogP contribution in [0, 0.1) is 25.2 Å². The molecule has 0 N–H and O–H groups in total. The van der Waals surface area contributed by atoms with E-state index in [0.29, 0.717) is 5.56 Å². The van der Waals surface area contributed by atoms with Gasteiger partial charge in [-0.3, -0.25) is 0 Å². The van der Waals surface area contributed by atoms with E-state index in [1.807, 2.05) is 12.1 Å². The Balaban J connectivity index is 2.34. The van der Waals surface area contributed by atoms with Crippen molar-refractivity contribution in [2.75, 3.05) is 0 Å². The highest BCUT2D eigenvalue weighted by atomic mass is 32.2. The molecule has 0 aliphatic rings. The SMILES string of the molecule is Cc1ccc(C)c(Sc2ccc(C#N)cc2S)c1. The van der Waals surface area contributed by atoms with E-state index in [9.17, 15) is 0 Å². The van der Waals surface area contributed by atoms with Gasteiger partial charge in [0.2, 0.25) is 0 Å². The van der Waals surface area contributed by atoms with Crippen LogP contribution in [0.5, 0.6) is 0 Å². The van der Waals surface area contributed by atoms with Crippen LogP contribution in [0.2, 0.25) is 0 Å². The zero-order chi connectivity index (χ0) is 13.1. The summed E-state index contributed by atoms with van der Waals surface area (Å²) < 4.78 is 0. The van der Waals surface area contributed by atoms with Gasteiger partial charge < -0.3 is 0 Å². The normalized spacial score (nSPS) is 10.1. The average Bonchev–Trinajstić information content (AvgIpc) is 2.36. The highest BCUT2D eigenvalue weighted by Gasteiger charge is 2.05. The first-order valence-electron chi connectivity index (χ1n) is 5.58. The van der Waals surface area contributed by atoms with Crippen LogP contribution in [0.25, 0.3) is 0 Å². The summed E-state index contributed by atoms with van der Waals surface area (Å²) in [5.74, 6) is 0. The molecule has 0 atom stereocenters. The van der Waals surface area contributed by atoms with Crippen LogP contribution in [0.4, 0.5) is 0 Å². The summed E-state index contributed by atoms with van der Waals surface area (Å²) in [6.45, 7) is 4.19. The van der Waals surface area contributed by atoms with Gasteiger partial charge in [-0.1, -0.05) is 23.9 Å². The molecule has 2 aromatic rings. The van der Waals surface area contributed by atoms with Gasteiger partial charge in [-0.2, -0.15) is 5.26 Å². The fourth-order valence-corrected chi connectivity index (χ4v) is 2.97. The number of hydrogen-bond acceptors (Lipinski definition) is 3. The molecule has 0 aliphatic heterocycles. The summed E-state index contributed by atoms with van der Waals surface area (Å²) in [6, 6.07) is 14.1. The Morgan fingerprint density at radius 1 is 1.06 bits per heavy atom. The predicted molar refractivity (Wildman–Crippen MR) is 78.4 cm³/mol. The van der Waals surface area contributed by atoms with Gasteiger partial charge in [-0.05, 0) is 49.2 Å². The van der Waals surface area contributed by atoms with Crippen molar-refractivity contribution in [3.8, 4) is 6.07 Å². The van der Waals surface area contributed by atoms with E-state index in [0.717, 1.165) is 9.79 Å². The van der Waals surface area contributed by atoms with Crippen LogP contribution in [-0.4, -0.2) is 0 Å². The molecule has 0 aromatic heterocycles. The minimum Gasteiger partial charge on any atom is -0.192 e. The van der Waals surface area contributed by atoms with Gasteiger partial charge in [-0.15, -0.1) is 12.6 Å². The Kier molecular flexibility index (Phi) is 4.00. The first kappa shape index (κ1) is 13.1. The van der Waals surface area contributed by atoms with E-state index in [-0.39, 0.29) is 0 Å². The second-order valence-electron chi connectivity index (χ2n) is 4.17. The van der Waals surface area contributed by atoms with Crippen molar-refractivity contribution in [1.82, 2.24) is 0 Å². The Labute approximate surface area is 117 Å². The summed E-state index contributed by atoms with van der Waals surface area (Å²) in [5.41, 5.74) is 3.14. The first-order valence-corrected chi connectivity index (χ1v) is 6.85. The van der Waals surface area contributed by atoms with Gasteiger partial charge in [0, 0.05) is 14.7 Å². The van der Waals surface area contributed by atoms with Crippen LogP contribution in [-0.2, 0) is 0 Å². The third-order valence-electron chi connectivity index (χ3n) is 2.65. The van der Waals surface area contributed by atoms with Crippen LogP contribution in [0.3, 0.4) is 0 Å². The lowest BCUT2D eigenvalue weighted by Gasteiger charge is -2.08. The third-order valence-corrected chi connectivity index (χ3v) is 4.41. The molecule has 0 bridgehead atoms. The van der Waals surface area contributed by atoms with E-state index in [4.69, 9.17) is 5.26 Å². The van der Waals surface area contributed by atoms with E-state index in [2.05, 4.69) is 50.7 Å². The molecular formula is C15H13NS2. The van der Waals surface area contributed by atoms with E-state index in [1.54, 1.807) is 17.8 Å². The van der Waals surface area contributed by atoms with Gasteiger partial charge >= 0.3 is 0 Å². The lowest BCUT2D eigenvalue weighted by molar-refractivity contribution is 1.21. The van der Waals surface area contributed by atoms with Crippen LogP contribution in [0.1, 0.15) is 16.7 Å². The zero-order valence-electron chi connectivity index (χ0n) is 10.3. The molecular weight excluding hydrogens is 258 g/mol. The summed E-state index contributed by atoms with van der Waals surface area (Å²) >= 11 is 6.13. The maximum atomic E-state index is 8.83. The molecule has 2 aromatic carbocycles. The number of benzene rings is 2. The third kappa shape index (κ3) is 2.90. The van der Waals surface area contributed by atoms with E-state index in [1.165, 1.54) is 16.0 Å². The van der Waals surface area contributed by atoms with Crippen molar-refractivity contribution in [1.29, 1.82) is 5.26 Å². The monoisotopic (exact) mass is 271 g/mol. The van der Waals surface area contributed by atoms with Gasteiger partial charge in [0.1, 0.15) is 0 Å². The van der Waals surface area contributed by atoms with Crippen molar-refractivity contribution in [3.05, 3.63) is 53.1 Å². The quantitative estimate of drug-likeness (QED) is 0.806. The van der Waals surface area contributed by atoms with Gasteiger partial charge in [0.15, 0.2) is 0 Å². The number of aryl methyl sites for hydroxylation is 2. The lowest BCUT2D eigenvalue weighted by Crippen LogP contribution is -1.84. The molecule has 1 nitrogen and oxygen atoms in total. The summed E-state index contributed by atoms with van der Waals surface area (Å²) in [4.78, 5) is 3.15. The maximum absolute atomic E-state index is 8.83. The molecule has 0 radical (unpaired) electrons. The maximum Gasteiger partial charge on any atom is 0.0992 e. The molecule has 3 heteroatoms. The van der Waals surface area contributed by atoms with Crippen LogP contribution >= 0.6 is 24.4 Å². The Morgan fingerprint density at radius 2 is 1.83 bits per heavy atom. The highest BCUT2D eigenvalue weighted by molar-refractivity contribution is 7.99. The fourth-order valence-electron chi connectivity index (χ4n) is 1.61. The predicted octanol–water partition coefficient (Wildman–Crippen LogP) is 4.62. The second kappa shape index (κ2) is 5.51. The van der Waals surface area contributed by atoms with Crippen molar-refractivity contribution in [2.45, 2.75) is 28.5 Å². The van der Waals surface area contributed by atoms with Gasteiger partial charge in [0.05, 0.1) is 11.6 Å². The fraction of sp³-hybridized carbons (Fsp3) is 0.133. The van der Waals surface area contributed by atoms with Crippen molar-refractivity contribution in [3.63, 3.8) is 0 Å². The molecule has 0 aliphatic carbocycles. The minimum absolute atomic E-state index is 0.644. The van der Waals surface area contributed by atoms with Gasteiger partial charge in [-0.25, -0.2) is 0 Å². The first-order chi connectivity index (χ1) is 8.60. The Bertz CT molecular complexity index is 627. The Morgan fingerprint density at radius 3 is 2.50 bits per heavy atom. The summed E-state index contributed by atoms with van der Waals surface area (Å²) in [5, 5.41) is 8.83. The number of rotatable bonds is 2. The largest absolute Gasteiger partial charge is 0.192 e. The average molecular weight is 271 g/mol. The molecule has 0 spiro atoms. The van der Waals surface area contributed by atoms with Crippen molar-refractivity contribution < 1.29 is 0 Å². The summed E-state index contributed by atoms with van der Waals surface area (Å²) in [7, 11) is 0. The van der Waals surface area contributed by atoms with E-state index < -0.39 is 0 Å². The van der Waals surface area contributed by atoms with Crippen molar-refractivity contribution >= 4 is 24.4 Å². The lowest BCUT2D eigenvalue weighted by atomic mass is 10.2. The number of hydrogen-bond donors (Lipinski definition) is 1. The molecule has 2 rings (SSSR count). The number of nitrogens with zero attached hydrogens (tertiary/aromatic N) is 1. The van der Waals surface area contributed by atoms with Crippen LogP contribution in [0.15, 0.2) is 51.1 Å². The smallest absolute Gasteiger partial charge is 0.0992 e. The molecule has 18 heavy (non-hydrogen) atoms. The molecule has 0 amide bonds. The van der Waals surface area contributed by atoms with Gasteiger partial charge in [0.25, 0.3) is 0 Å². The molecule has 0 saturated heterocycles.